The van der Waals surface area contributed by atoms with Crippen LogP contribution in [0.15, 0.2) is 24.3 Å². The van der Waals surface area contributed by atoms with E-state index < -0.39 is 0 Å². The lowest BCUT2D eigenvalue weighted by atomic mass is 10.1. The molecule has 0 saturated heterocycles. The van der Waals surface area contributed by atoms with Crippen LogP contribution in [0.25, 0.3) is 0 Å². The number of nitrogens with one attached hydrogen (secondary N) is 2. The minimum atomic E-state index is -0.348. The first-order valence-corrected chi connectivity index (χ1v) is 8.40. The lowest BCUT2D eigenvalue weighted by molar-refractivity contribution is -0.121. The fraction of sp³-hybridized carbons (Fsp3) is 0.556. The van der Waals surface area contributed by atoms with Gasteiger partial charge in [-0.2, -0.15) is 0 Å². The van der Waals surface area contributed by atoms with Crippen molar-refractivity contribution in [1.29, 1.82) is 0 Å². The maximum Gasteiger partial charge on any atom is 0.337 e. The summed E-state index contributed by atoms with van der Waals surface area (Å²) in [6.45, 7) is 0.579. The van der Waals surface area contributed by atoms with Crippen molar-refractivity contribution in [2.75, 3.05) is 19.0 Å². The molecule has 0 heterocycles. The summed E-state index contributed by atoms with van der Waals surface area (Å²) in [6, 6.07) is 7.40. The Morgan fingerprint density at radius 3 is 2.35 bits per heavy atom. The smallest absolute Gasteiger partial charge is 0.337 e. The summed E-state index contributed by atoms with van der Waals surface area (Å²) in [7, 11) is 1.36. The van der Waals surface area contributed by atoms with Gasteiger partial charge in [-0.3, -0.25) is 4.79 Å². The molecule has 1 saturated carbocycles. The van der Waals surface area contributed by atoms with E-state index in [1.807, 2.05) is 12.1 Å². The molecule has 0 radical (unpaired) electrons. The predicted octanol–water partition coefficient (Wildman–Crippen LogP) is 3.11. The van der Waals surface area contributed by atoms with E-state index in [2.05, 4.69) is 15.4 Å². The van der Waals surface area contributed by atoms with Crippen molar-refractivity contribution in [2.45, 2.75) is 51.0 Å². The van der Waals surface area contributed by atoms with Crippen LogP contribution in [0.2, 0.25) is 0 Å². The first kappa shape index (κ1) is 17.3. The molecule has 23 heavy (non-hydrogen) atoms. The van der Waals surface area contributed by atoms with E-state index in [1.54, 1.807) is 12.1 Å². The molecule has 0 unspecified atom stereocenters. The highest BCUT2D eigenvalue weighted by Gasteiger charge is 2.14. The molecule has 1 aromatic rings. The number of hydrogen-bond donors (Lipinski definition) is 2. The van der Waals surface area contributed by atoms with Gasteiger partial charge in [0.25, 0.3) is 0 Å². The molecule has 0 aliphatic heterocycles. The number of amides is 1. The van der Waals surface area contributed by atoms with Crippen LogP contribution in [0.3, 0.4) is 0 Å². The monoisotopic (exact) mass is 318 g/mol. The van der Waals surface area contributed by atoms with Gasteiger partial charge in [-0.1, -0.05) is 25.7 Å². The highest BCUT2D eigenvalue weighted by Crippen LogP contribution is 2.17. The number of rotatable bonds is 6. The Kier molecular flexibility index (Phi) is 6.91. The fourth-order valence-corrected chi connectivity index (χ4v) is 2.89. The van der Waals surface area contributed by atoms with Gasteiger partial charge in [0.05, 0.1) is 12.7 Å². The summed E-state index contributed by atoms with van der Waals surface area (Å²) < 4.78 is 4.66. The standard InChI is InChI=1S/C18H26N2O3/c1-23-18(22)14-8-10-15(11-9-14)19-13-12-17(21)20-16-6-4-2-3-5-7-16/h8-11,16,19H,2-7,12-13H2,1H3,(H,20,21). The molecule has 1 aliphatic rings. The molecule has 2 N–H and O–H groups in total. The summed E-state index contributed by atoms with van der Waals surface area (Å²) in [5.41, 5.74) is 1.41. The first-order valence-electron chi connectivity index (χ1n) is 8.40. The van der Waals surface area contributed by atoms with E-state index in [0.717, 1.165) is 18.5 Å². The Balaban J connectivity index is 1.69. The molecule has 126 valence electrons. The summed E-state index contributed by atoms with van der Waals surface area (Å²) in [5.74, 6) is -0.241. The third-order valence-electron chi connectivity index (χ3n) is 4.21. The Bertz CT molecular complexity index is 506. The van der Waals surface area contributed by atoms with E-state index in [4.69, 9.17) is 0 Å². The second-order valence-electron chi connectivity index (χ2n) is 6.00. The third-order valence-corrected chi connectivity index (χ3v) is 4.21. The van der Waals surface area contributed by atoms with Gasteiger partial charge in [-0.25, -0.2) is 4.79 Å². The molecule has 0 aromatic heterocycles. The number of benzene rings is 1. The van der Waals surface area contributed by atoms with Crippen molar-refractivity contribution in [3.63, 3.8) is 0 Å². The normalized spacial score (nSPS) is 15.5. The molecule has 0 atom stereocenters. The molecular weight excluding hydrogens is 292 g/mol. The van der Waals surface area contributed by atoms with Crippen LogP contribution in [0, 0.1) is 0 Å². The summed E-state index contributed by atoms with van der Waals surface area (Å²) in [4.78, 5) is 23.3. The Hall–Kier alpha value is -2.04. The van der Waals surface area contributed by atoms with Gasteiger partial charge < -0.3 is 15.4 Å². The summed E-state index contributed by atoms with van der Waals surface area (Å²) >= 11 is 0. The number of methoxy groups -OCH3 is 1. The predicted molar refractivity (Wildman–Crippen MR) is 90.5 cm³/mol. The van der Waals surface area contributed by atoms with Crippen molar-refractivity contribution in [1.82, 2.24) is 5.32 Å². The number of anilines is 1. The molecule has 2 rings (SSSR count). The minimum Gasteiger partial charge on any atom is -0.465 e. The Labute approximate surface area is 137 Å². The van der Waals surface area contributed by atoms with Gasteiger partial charge in [-0.05, 0) is 37.1 Å². The third kappa shape index (κ3) is 5.93. The van der Waals surface area contributed by atoms with Crippen molar-refractivity contribution in [3.05, 3.63) is 29.8 Å². The van der Waals surface area contributed by atoms with E-state index >= 15 is 0 Å². The molecule has 0 spiro atoms. The number of carbonyl (C=O) groups is 2. The van der Waals surface area contributed by atoms with Crippen molar-refractivity contribution < 1.29 is 14.3 Å². The average Bonchev–Trinajstić information content (AvgIpc) is 2.83. The first-order chi connectivity index (χ1) is 11.2. The van der Waals surface area contributed by atoms with E-state index in [9.17, 15) is 9.59 Å². The number of ether oxygens (including phenoxy) is 1. The maximum absolute atomic E-state index is 12.0. The largest absolute Gasteiger partial charge is 0.465 e. The van der Waals surface area contributed by atoms with Crippen LogP contribution in [-0.4, -0.2) is 31.6 Å². The lowest BCUT2D eigenvalue weighted by Gasteiger charge is -2.16. The molecule has 1 fully saturated rings. The van der Waals surface area contributed by atoms with E-state index in [-0.39, 0.29) is 11.9 Å². The number of carbonyl (C=O) groups excluding carboxylic acids is 2. The van der Waals surface area contributed by atoms with E-state index in [0.29, 0.717) is 24.6 Å². The van der Waals surface area contributed by atoms with Crippen LogP contribution in [0.1, 0.15) is 55.3 Å². The van der Waals surface area contributed by atoms with Crippen LogP contribution in [-0.2, 0) is 9.53 Å². The van der Waals surface area contributed by atoms with Gasteiger partial charge in [0.15, 0.2) is 0 Å². The quantitative estimate of drug-likeness (QED) is 0.625. The van der Waals surface area contributed by atoms with Crippen LogP contribution in [0.5, 0.6) is 0 Å². The van der Waals surface area contributed by atoms with Gasteiger partial charge in [0.1, 0.15) is 0 Å². The molecular formula is C18H26N2O3. The Morgan fingerprint density at radius 1 is 1.09 bits per heavy atom. The maximum atomic E-state index is 12.0. The average molecular weight is 318 g/mol. The lowest BCUT2D eigenvalue weighted by Crippen LogP contribution is -2.35. The van der Waals surface area contributed by atoms with Gasteiger partial charge >= 0.3 is 5.97 Å². The molecule has 1 aromatic carbocycles. The highest BCUT2D eigenvalue weighted by molar-refractivity contribution is 5.89. The minimum absolute atomic E-state index is 0.107. The van der Waals surface area contributed by atoms with E-state index in [1.165, 1.54) is 32.8 Å². The molecule has 1 aliphatic carbocycles. The van der Waals surface area contributed by atoms with Crippen molar-refractivity contribution in [3.8, 4) is 0 Å². The number of esters is 1. The molecule has 5 heteroatoms. The van der Waals surface area contributed by atoms with Gasteiger partial charge in [0, 0.05) is 24.7 Å². The molecule has 1 amide bonds. The Morgan fingerprint density at radius 2 is 1.74 bits per heavy atom. The van der Waals surface area contributed by atoms with Crippen molar-refractivity contribution >= 4 is 17.6 Å². The van der Waals surface area contributed by atoms with Gasteiger partial charge in [0.2, 0.25) is 5.91 Å². The highest BCUT2D eigenvalue weighted by atomic mass is 16.5. The van der Waals surface area contributed by atoms with Gasteiger partial charge in [-0.15, -0.1) is 0 Å². The fourth-order valence-electron chi connectivity index (χ4n) is 2.89. The zero-order valence-electron chi connectivity index (χ0n) is 13.8. The zero-order chi connectivity index (χ0) is 16.5. The second-order valence-corrected chi connectivity index (χ2v) is 6.00. The molecule has 5 nitrogen and oxygen atoms in total. The van der Waals surface area contributed by atoms with Crippen LogP contribution < -0.4 is 10.6 Å². The second kappa shape index (κ2) is 9.18. The summed E-state index contributed by atoms with van der Waals surface area (Å²) in [6.07, 6.45) is 7.67. The summed E-state index contributed by atoms with van der Waals surface area (Å²) in [5, 5.41) is 6.33. The molecule has 0 bridgehead atoms. The SMILES string of the molecule is COC(=O)c1ccc(NCCC(=O)NC2CCCCCC2)cc1. The zero-order valence-corrected chi connectivity index (χ0v) is 13.8. The topological polar surface area (TPSA) is 67.4 Å². The van der Waals surface area contributed by atoms with Crippen LogP contribution >= 0.6 is 0 Å². The number of hydrogen-bond acceptors (Lipinski definition) is 4. The van der Waals surface area contributed by atoms with Crippen molar-refractivity contribution in [2.24, 2.45) is 0 Å². The van der Waals surface area contributed by atoms with Crippen LogP contribution in [0.4, 0.5) is 5.69 Å².